The van der Waals surface area contributed by atoms with Crippen LogP contribution in [-0.2, 0) is 11.3 Å². The molecule has 9 nitrogen and oxygen atoms in total. The van der Waals surface area contributed by atoms with Gasteiger partial charge < -0.3 is 14.2 Å². The lowest BCUT2D eigenvalue weighted by atomic mass is 10.1. The molecule has 3 rings (SSSR count). The molecule has 0 saturated carbocycles. The number of methoxy groups -OCH3 is 3. The second-order valence-corrected chi connectivity index (χ2v) is 7.14. The standard InChI is InChI=1S/C20H18N2O7S/c1-27-15-10-17(29-3)16(28-2)8-13(15)9-18-19(23)21(20(24)30-18)11-12-5-4-6-14(7-12)22(25)26/h4-10H,11H2,1-3H3/b18-9-. The smallest absolute Gasteiger partial charge is 0.293 e. The molecular weight excluding hydrogens is 412 g/mol. The Morgan fingerprint density at radius 3 is 2.33 bits per heavy atom. The van der Waals surface area contributed by atoms with Gasteiger partial charge >= 0.3 is 0 Å². The Morgan fingerprint density at radius 1 is 1.03 bits per heavy atom. The fourth-order valence-corrected chi connectivity index (χ4v) is 3.72. The number of hydrogen-bond acceptors (Lipinski definition) is 8. The number of ether oxygens (including phenoxy) is 3. The number of nitro benzene ring substituents is 1. The minimum atomic E-state index is -0.527. The number of amides is 2. The topological polar surface area (TPSA) is 108 Å². The molecule has 1 aliphatic heterocycles. The van der Waals surface area contributed by atoms with Gasteiger partial charge in [-0.25, -0.2) is 0 Å². The summed E-state index contributed by atoms with van der Waals surface area (Å²) >= 11 is 0.786. The van der Waals surface area contributed by atoms with Crippen LogP contribution in [0.25, 0.3) is 6.08 Å². The largest absolute Gasteiger partial charge is 0.496 e. The van der Waals surface area contributed by atoms with Gasteiger partial charge in [0.25, 0.3) is 16.8 Å². The summed E-state index contributed by atoms with van der Waals surface area (Å²) in [6.45, 7) is -0.0627. The zero-order valence-electron chi connectivity index (χ0n) is 16.4. The van der Waals surface area contributed by atoms with Gasteiger partial charge in [0.1, 0.15) is 5.75 Å². The van der Waals surface area contributed by atoms with Crippen LogP contribution in [0.15, 0.2) is 41.3 Å². The van der Waals surface area contributed by atoms with Crippen molar-refractivity contribution in [3.8, 4) is 17.2 Å². The Balaban J connectivity index is 1.90. The number of carbonyl (C=O) groups excluding carboxylic acids is 2. The minimum Gasteiger partial charge on any atom is -0.496 e. The van der Waals surface area contributed by atoms with E-state index in [4.69, 9.17) is 14.2 Å². The maximum Gasteiger partial charge on any atom is 0.293 e. The van der Waals surface area contributed by atoms with Crippen LogP contribution in [0.2, 0.25) is 0 Å². The van der Waals surface area contributed by atoms with Crippen LogP contribution in [-0.4, -0.2) is 42.3 Å². The molecule has 30 heavy (non-hydrogen) atoms. The quantitative estimate of drug-likeness (QED) is 0.370. The molecule has 0 aliphatic carbocycles. The van der Waals surface area contributed by atoms with E-state index in [0.29, 0.717) is 28.4 Å². The van der Waals surface area contributed by atoms with E-state index < -0.39 is 16.1 Å². The van der Waals surface area contributed by atoms with E-state index in [0.717, 1.165) is 16.7 Å². The zero-order chi connectivity index (χ0) is 21.8. The van der Waals surface area contributed by atoms with E-state index in [1.807, 2.05) is 0 Å². The normalized spacial score (nSPS) is 14.9. The minimum absolute atomic E-state index is 0.0627. The Labute approximate surface area is 176 Å². The third-order valence-corrected chi connectivity index (χ3v) is 5.27. The monoisotopic (exact) mass is 430 g/mol. The molecular formula is C20H18N2O7S. The van der Waals surface area contributed by atoms with Crippen LogP contribution < -0.4 is 14.2 Å². The van der Waals surface area contributed by atoms with Gasteiger partial charge in [-0.2, -0.15) is 0 Å². The first kappa shape index (κ1) is 21.2. The average Bonchev–Trinajstić information content (AvgIpc) is 3.00. The highest BCUT2D eigenvalue weighted by Gasteiger charge is 2.35. The molecule has 0 N–H and O–H groups in total. The van der Waals surface area contributed by atoms with Crippen molar-refractivity contribution in [2.75, 3.05) is 21.3 Å². The number of carbonyl (C=O) groups is 2. The summed E-state index contributed by atoms with van der Waals surface area (Å²) in [5, 5.41) is 10.5. The summed E-state index contributed by atoms with van der Waals surface area (Å²) in [5.41, 5.74) is 0.914. The number of rotatable bonds is 7. The predicted octanol–water partition coefficient (Wildman–Crippen LogP) is 3.86. The van der Waals surface area contributed by atoms with Crippen molar-refractivity contribution in [1.29, 1.82) is 0 Å². The van der Waals surface area contributed by atoms with E-state index in [1.54, 1.807) is 24.3 Å². The third kappa shape index (κ3) is 4.23. The van der Waals surface area contributed by atoms with Gasteiger partial charge in [0.05, 0.1) is 37.7 Å². The molecule has 10 heteroatoms. The molecule has 1 saturated heterocycles. The molecule has 1 heterocycles. The number of nitro groups is 1. The second kappa shape index (κ2) is 8.87. The number of thioether (sulfide) groups is 1. The van der Waals surface area contributed by atoms with Crippen molar-refractivity contribution < 1.29 is 28.7 Å². The number of nitrogens with zero attached hydrogens (tertiary/aromatic N) is 2. The lowest BCUT2D eigenvalue weighted by molar-refractivity contribution is -0.384. The van der Waals surface area contributed by atoms with Crippen molar-refractivity contribution in [1.82, 2.24) is 4.90 Å². The third-order valence-electron chi connectivity index (χ3n) is 4.36. The maximum absolute atomic E-state index is 12.8. The fourth-order valence-electron chi connectivity index (χ4n) is 2.89. The number of hydrogen-bond donors (Lipinski definition) is 0. The first-order valence-corrected chi connectivity index (χ1v) is 9.48. The molecule has 2 amide bonds. The van der Waals surface area contributed by atoms with Gasteiger partial charge in [0, 0.05) is 23.8 Å². The second-order valence-electron chi connectivity index (χ2n) is 6.14. The van der Waals surface area contributed by atoms with Gasteiger partial charge in [0.2, 0.25) is 0 Å². The fraction of sp³-hybridized carbons (Fsp3) is 0.200. The highest BCUT2D eigenvalue weighted by molar-refractivity contribution is 8.18. The number of imide groups is 1. The molecule has 0 atom stereocenters. The lowest BCUT2D eigenvalue weighted by Crippen LogP contribution is -2.27. The lowest BCUT2D eigenvalue weighted by Gasteiger charge is -2.13. The van der Waals surface area contributed by atoms with Crippen molar-refractivity contribution in [3.05, 3.63) is 62.5 Å². The maximum atomic E-state index is 12.8. The van der Waals surface area contributed by atoms with Crippen LogP contribution in [0.5, 0.6) is 17.2 Å². The van der Waals surface area contributed by atoms with E-state index in [9.17, 15) is 19.7 Å². The first-order valence-electron chi connectivity index (χ1n) is 8.66. The van der Waals surface area contributed by atoms with E-state index >= 15 is 0 Å². The molecule has 2 aromatic rings. The summed E-state index contributed by atoms with van der Waals surface area (Å²) in [6, 6.07) is 9.09. The van der Waals surface area contributed by atoms with Gasteiger partial charge in [0.15, 0.2) is 11.5 Å². The molecule has 0 radical (unpaired) electrons. The molecule has 0 spiro atoms. The molecule has 0 unspecified atom stereocenters. The Hall–Kier alpha value is -3.53. The summed E-state index contributed by atoms with van der Waals surface area (Å²) in [5.74, 6) is 0.858. The summed E-state index contributed by atoms with van der Waals surface area (Å²) in [6.07, 6.45) is 1.54. The van der Waals surface area contributed by atoms with Crippen molar-refractivity contribution in [2.45, 2.75) is 6.54 Å². The van der Waals surface area contributed by atoms with Crippen LogP contribution in [0, 0.1) is 10.1 Å². The van der Waals surface area contributed by atoms with Crippen LogP contribution >= 0.6 is 11.8 Å². The van der Waals surface area contributed by atoms with Crippen molar-refractivity contribution >= 4 is 34.7 Å². The van der Waals surface area contributed by atoms with Gasteiger partial charge in [-0.05, 0) is 29.5 Å². The predicted molar refractivity (Wildman–Crippen MR) is 111 cm³/mol. The number of benzene rings is 2. The highest BCUT2D eigenvalue weighted by Crippen LogP contribution is 2.39. The molecule has 2 aromatic carbocycles. The Morgan fingerprint density at radius 2 is 1.70 bits per heavy atom. The summed E-state index contributed by atoms with van der Waals surface area (Å²) in [4.78, 5) is 36.9. The first-order chi connectivity index (χ1) is 14.4. The van der Waals surface area contributed by atoms with E-state index in [-0.39, 0.29) is 17.1 Å². The van der Waals surface area contributed by atoms with Gasteiger partial charge in [-0.1, -0.05) is 12.1 Å². The van der Waals surface area contributed by atoms with Crippen LogP contribution in [0.3, 0.4) is 0 Å². The van der Waals surface area contributed by atoms with Crippen LogP contribution in [0.1, 0.15) is 11.1 Å². The zero-order valence-corrected chi connectivity index (χ0v) is 17.2. The highest BCUT2D eigenvalue weighted by atomic mass is 32.2. The molecule has 1 fully saturated rings. The van der Waals surface area contributed by atoms with Gasteiger partial charge in [-0.3, -0.25) is 24.6 Å². The molecule has 0 bridgehead atoms. The van der Waals surface area contributed by atoms with E-state index in [1.165, 1.54) is 39.5 Å². The molecule has 0 aromatic heterocycles. The van der Waals surface area contributed by atoms with E-state index in [2.05, 4.69) is 0 Å². The van der Waals surface area contributed by atoms with Crippen LogP contribution in [0.4, 0.5) is 10.5 Å². The number of non-ortho nitro benzene ring substituents is 1. The van der Waals surface area contributed by atoms with Crippen molar-refractivity contribution in [2.24, 2.45) is 0 Å². The summed E-state index contributed by atoms with van der Waals surface area (Å²) < 4.78 is 15.9. The average molecular weight is 430 g/mol. The molecule has 1 aliphatic rings. The SMILES string of the molecule is COc1cc(OC)c(OC)cc1/C=C1\SC(=O)N(Cc2cccc([N+](=O)[O-])c2)C1=O. The Kier molecular flexibility index (Phi) is 6.26. The molecule has 156 valence electrons. The van der Waals surface area contributed by atoms with Crippen molar-refractivity contribution in [3.63, 3.8) is 0 Å². The summed E-state index contributed by atoms with van der Waals surface area (Å²) in [7, 11) is 4.46. The Bertz CT molecular complexity index is 1050. The van der Waals surface area contributed by atoms with Gasteiger partial charge in [-0.15, -0.1) is 0 Å².